The van der Waals surface area contributed by atoms with Crippen molar-refractivity contribution in [1.29, 1.82) is 0 Å². The average molecular weight is 326 g/mol. The first-order chi connectivity index (χ1) is 10.4. The molecule has 0 radical (unpaired) electrons. The highest BCUT2D eigenvalue weighted by Crippen LogP contribution is 2.24. The largest absolute Gasteiger partial charge is 0.493 e. The molecule has 7 heteroatoms. The van der Waals surface area contributed by atoms with E-state index in [1.807, 2.05) is 6.92 Å². The van der Waals surface area contributed by atoms with Crippen molar-refractivity contribution in [2.75, 3.05) is 6.61 Å². The third kappa shape index (κ3) is 3.98. The van der Waals surface area contributed by atoms with Gasteiger partial charge in [-0.1, -0.05) is 19.8 Å². The van der Waals surface area contributed by atoms with Crippen LogP contribution in [0.1, 0.15) is 49.4 Å². The first kappa shape index (κ1) is 16.8. The smallest absolute Gasteiger partial charge is 0.252 e. The molecule has 1 aliphatic carbocycles. The van der Waals surface area contributed by atoms with Gasteiger partial charge < -0.3 is 10.5 Å². The minimum Gasteiger partial charge on any atom is -0.493 e. The number of benzene rings is 1. The number of amides is 1. The Kier molecular flexibility index (Phi) is 5.42. The normalized spacial score (nSPS) is 15.9. The number of rotatable bonds is 7. The van der Waals surface area contributed by atoms with E-state index < -0.39 is 15.9 Å². The molecule has 0 spiro atoms. The Hall–Kier alpha value is -1.60. The van der Waals surface area contributed by atoms with Crippen LogP contribution >= 0.6 is 0 Å². The van der Waals surface area contributed by atoms with E-state index in [0.717, 1.165) is 32.1 Å². The van der Waals surface area contributed by atoms with Crippen molar-refractivity contribution in [2.45, 2.75) is 50.0 Å². The lowest BCUT2D eigenvalue weighted by Crippen LogP contribution is -2.32. The van der Waals surface area contributed by atoms with Crippen LogP contribution in [0.25, 0.3) is 0 Å². The Bertz CT molecular complexity index is 637. The van der Waals surface area contributed by atoms with E-state index >= 15 is 0 Å². The summed E-state index contributed by atoms with van der Waals surface area (Å²) in [6.45, 7) is 2.38. The van der Waals surface area contributed by atoms with Crippen molar-refractivity contribution >= 4 is 15.9 Å². The Morgan fingerprint density at radius 3 is 2.64 bits per heavy atom. The fourth-order valence-corrected chi connectivity index (χ4v) is 3.87. The molecule has 122 valence electrons. The van der Waals surface area contributed by atoms with E-state index in [1.165, 1.54) is 18.2 Å². The summed E-state index contributed by atoms with van der Waals surface area (Å²) in [7, 11) is -3.65. The molecule has 0 atom stereocenters. The first-order valence-electron chi connectivity index (χ1n) is 7.53. The maximum Gasteiger partial charge on any atom is 0.252 e. The third-order valence-electron chi connectivity index (χ3n) is 3.67. The Morgan fingerprint density at radius 1 is 1.36 bits per heavy atom. The Balaban J connectivity index is 2.26. The number of ether oxygens (including phenoxy) is 1. The number of nitrogens with two attached hydrogens (primary N) is 1. The van der Waals surface area contributed by atoms with Gasteiger partial charge in [0.25, 0.3) is 5.91 Å². The van der Waals surface area contributed by atoms with Crippen LogP contribution in [0.5, 0.6) is 5.75 Å². The molecular formula is C15H22N2O4S. The van der Waals surface area contributed by atoms with Gasteiger partial charge >= 0.3 is 0 Å². The van der Waals surface area contributed by atoms with Gasteiger partial charge in [-0.05, 0) is 37.5 Å². The Labute approximate surface area is 131 Å². The van der Waals surface area contributed by atoms with Gasteiger partial charge in [0.05, 0.1) is 17.1 Å². The zero-order valence-corrected chi connectivity index (χ0v) is 13.5. The van der Waals surface area contributed by atoms with E-state index in [-0.39, 0.29) is 16.5 Å². The second-order valence-corrected chi connectivity index (χ2v) is 7.19. The lowest BCUT2D eigenvalue weighted by molar-refractivity contribution is 0.0996. The molecule has 0 aliphatic heterocycles. The maximum absolute atomic E-state index is 12.4. The summed E-state index contributed by atoms with van der Waals surface area (Å²) < 4.78 is 32.9. The molecule has 0 heterocycles. The van der Waals surface area contributed by atoms with Crippen molar-refractivity contribution in [1.82, 2.24) is 4.72 Å². The lowest BCUT2D eigenvalue weighted by Gasteiger charge is -2.14. The molecule has 1 aromatic rings. The van der Waals surface area contributed by atoms with Gasteiger partial charge in [-0.3, -0.25) is 4.79 Å². The fraction of sp³-hybridized carbons (Fsp3) is 0.533. The van der Waals surface area contributed by atoms with Gasteiger partial charge in [0.15, 0.2) is 0 Å². The average Bonchev–Trinajstić information content (AvgIpc) is 2.96. The summed E-state index contributed by atoms with van der Waals surface area (Å²) >= 11 is 0. The molecule has 2 rings (SSSR count). The van der Waals surface area contributed by atoms with Gasteiger partial charge in [-0.2, -0.15) is 0 Å². The highest BCUT2D eigenvalue weighted by molar-refractivity contribution is 7.89. The summed E-state index contributed by atoms with van der Waals surface area (Å²) in [6.07, 6.45) is 4.54. The summed E-state index contributed by atoms with van der Waals surface area (Å²) in [6, 6.07) is 4.18. The minimum atomic E-state index is -3.65. The van der Waals surface area contributed by atoms with Gasteiger partial charge in [0.2, 0.25) is 10.0 Å². The Morgan fingerprint density at radius 2 is 2.05 bits per heavy atom. The maximum atomic E-state index is 12.4. The molecule has 3 N–H and O–H groups in total. The van der Waals surface area contributed by atoms with Gasteiger partial charge in [0.1, 0.15) is 5.75 Å². The zero-order chi connectivity index (χ0) is 16.2. The van der Waals surface area contributed by atoms with Crippen LogP contribution in [-0.4, -0.2) is 27.0 Å². The second-order valence-electron chi connectivity index (χ2n) is 5.47. The molecule has 22 heavy (non-hydrogen) atoms. The lowest BCUT2D eigenvalue weighted by atomic mass is 10.2. The number of sulfonamides is 1. The van der Waals surface area contributed by atoms with E-state index in [9.17, 15) is 13.2 Å². The molecular weight excluding hydrogens is 304 g/mol. The number of hydrogen-bond donors (Lipinski definition) is 2. The van der Waals surface area contributed by atoms with Gasteiger partial charge in [-0.25, -0.2) is 13.1 Å². The first-order valence-corrected chi connectivity index (χ1v) is 9.01. The van der Waals surface area contributed by atoms with Crippen molar-refractivity contribution in [3.63, 3.8) is 0 Å². The summed E-state index contributed by atoms with van der Waals surface area (Å²) in [5.41, 5.74) is 5.41. The number of carbonyl (C=O) groups excluding carboxylic acids is 1. The van der Waals surface area contributed by atoms with Crippen LogP contribution in [0.3, 0.4) is 0 Å². The summed E-state index contributed by atoms with van der Waals surface area (Å²) in [5, 5.41) is 0. The van der Waals surface area contributed by atoms with E-state index in [1.54, 1.807) is 0 Å². The van der Waals surface area contributed by atoms with Crippen LogP contribution in [0.4, 0.5) is 0 Å². The van der Waals surface area contributed by atoms with E-state index in [2.05, 4.69) is 4.72 Å². The third-order valence-corrected chi connectivity index (χ3v) is 5.18. The zero-order valence-electron chi connectivity index (χ0n) is 12.7. The standard InChI is InChI=1S/C15H22N2O4S/c1-2-9-21-14-8-7-12(10-13(14)15(16)18)22(19,20)17-11-5-3-4-6-11/h7-8,10-11,17H,2-6,9H2,1H3,(H2,16,18). The van der Waals surface area contributed by atoms with Gasteiger partial charge in [0, 0.05) is 6.04 Å². The molecule has 0 bridgehead atoms. The second kappa shape index (κ2) is 7.11. The number of hydrogen-bond acceptors (Lipinski definition) is 4. The highest BCUT2D eigenvalue weighted by Gasteiger charge is 2.24. The van der Waals surface area contributed by atoms with Crippen molar-refractivity contribution in [3.05, 3.63) is 23.8 Å². The summed E-state index contributed by atoms with van der Waals surface area (Å²) in [4.78, 5) is 11.6. The molecule has 1 amide bonds. The van der Waals surface area contributed by atoms with Crippen molar-refractivity contribution < 1.29 is 17.9 Å². The van der Waals surface area contributed by atoms with E-state index in [0.29, 0.717) is 12.4 Å². The number of primary amides is 1. The van der Waals surface area contributed by atoms with E-state index in [4.69, 9.17) is 10.5 Å². The molecule has 1 aliphatic rings. The van der Waals surface area contributed by atoms with Crippen molar-refractivity contribution in [2.24, 2.45) is 5.73 Å². The predicted octanol–water partition coefficient (Wildman–Crippen LogP) is 1.80. The minimum absolute atomic E-state index is 0.0296. The molecule has 0 aromatic heterocycles. The van der Waals surface area contributed by atoms with Crippen LogP contribution in [0.15, 0.2) is 23.1 Å². The molecule has 0 saturated heterocycles. The molecule has 6 nitrogen and oxygen atoms in total. The molecule has 0 unspecified atom stereocenters. The number of nitrogens with one attached hydrogen (secondary N) is 1. The van der Waals surface area contributed by atoms with Crippen LogP contribution in [0, 0.1) is 0 Å². The molecule has 1 saturated carbocycles. The summed E-state index contributed by atoms with van der Waals surface area (Å²) in [5.74, 6) is -0.391. The van der Waals surface area contributed by atoms with Crippen LogP contribution < -0.4 is 15.2 Å². The molecule has 1 aromatic carbocycles. The fourth-order valence-electron chi connectivity index (χ4n) is 2.54. The SMILES string of the molecule is CCCOc1ccc(S(=O)(=O)NC2CCCC2)cc1C(N)=O. The number of carbonyl (C=O) groups is 1. The van der Waals surface area contributed by atoms with Gasteiger partial charge in [-0.15, -0.1) is 0 Å². The quantitative estimate of drug-likeness (QED) is 0.798. The monoisotopic (exact) mass is 326 g/mol. The van der Waals surface area contributed by atoms with Crippen LogP contribution in [-0.2, 0) is 10.0 Å². The predicted molar refractivity (Wildman–Crippen MR) is 83.3 cm³/mol. The van der Waals surface area contributed by atoms with Crippen molar-refractivity contribution in [3.8, 4) is 5.75 Å². The molecule has 1 fully saturated rings. The van der Waals surface area contributed by atoms with Crippen LogP contribution in [0.2, 0.25) is 0 Å². The topological polar surface area (TPSA) is 98.5 Å². The highest BCUT2D eigenvalue weighted by atomic mass is 32.2.